The number of nitrogens with two attached hydrogens (primary N) is 1. The summed E-state index contributed by atoms with van der Waals surface area (Å²) in [4.78, 5) is 33.6. The third-order valence-electron chi connectivity index (χ3n) is 4.76. The molecule has 7 nitrogen and oxygen atoms in total. The minimum absolute atomic E-state index is 0.0145. The van der Waals surface area contributed by atoms with E-state index in [4.69, 9.17) is 5.73 Å². The van der Waals surface area contributed by atoms with Gasteiger partial charge in [-0.25, -0.2) is 9.97 Å². The molecule has 0 aliphatic heterocycles. The van der Waals surface area contributed by atoms with Gasteiger partial charge in [-0.15, -0.1) is 0 Å². The third-order valence-corrected chi connectivity index (χ3v) is 5.48. The molecule has 0 saturated carbocycles. The van der Waals surface area contributed by atoms with Crippen molar-refractivity contribution in [3.63, 3.8) is 0 Å². The third kappa shape index (κ3) is 3.69. The highest BCUT2D eigenvalue weighted by Crippen LogP contribution is 2.24. The van der Waals surface area contributed by atoms with Gasteiger partial charge in [0.2, 0.25) is 0 Å². The first-order chi connectivity index (χ1) is 14.5. The van der Waals surface area contributed by atoms with Gasteiger partial charge in [0, 0.05) is 10.0 Å². The maximum Gasteiger partial charge on any atom is 0.271 e. The van der Waals surface area contributed by atoms with E-state index in [1.165, 1.54) is 10.7 Å². The molecule has 3 N–H and O–H groups in total. The summed E-state index contributed by atoms with van der Waals surface area (Å²) in [7, 11) is 0. The predicted octanol–water partition coefficient (Wildman–Crippen LogP) is 3.75. The minimum atomic E-state index is -0.705. The van der Waals surface area contributed by atoms with Crippen molar-refractivity contribution < 1.29 is 9.59 Å². The maximum atomic E-state index is 13.2. The number of nitrogens with zero attached hydrogens (tertiary/aromatic N) is 3. The predicted molar refractivity (Wildman–Crippen MR) is 117 cm³/mol. The summed E-state index contributed by atoms with van der Waals surface area (Å²) < 4.78 is 2.38. The van der Waals surface area contributed by atoms with Gasteiger partial charge in [-0.1, -0.05) is 64.5 Å². The number of carbonyl (C=O) groups is 2. The van der Waals surface area contributed by atoms with Crippen molar-refractivity contribution in [3.05, 3.63) is 88.4 Å². The number of amides is 2. The van der Waals surface area contributed by atoms with Gasteiger partial charge in [0.25, 0.3) is 11.8 Å². The maximum absolute atomic E-state index is 13.2. The Balaban J connectivity index is 1.80. The minimum Gasteiger partial charge on any atom is -0.364 e. The molecular formula is C22H18BrN5O2. The van der Waals surface area contributed by atoms with Crippen molar-refractivity contribution in [1.29, 1.82) is 0 Å². The second-order valence-corrected chi connectivity index (χ2v) is 7.61. The number of fused-ring (bicyclic) bond motifs is 1. The smallest absolute Gasteiger partial charge is 0.271 e. The number of halogens is 1. The van der Waals surface area contributed by atoms with E-state index in [1.54, 1.807) is 6.07 Å². The molecule has 2 aromatic heterocycles. The van der Waals surface area contributed by atoms with Crippen LogP contribution in [0.5, 0.6) is 0 Å². The van der Waals surface area contributed by atoms with Gasteiger partial charge in [0.05, 0.1) is 11.7 Å². The van der Waals surface area contributed by atoms with Crippen LogP contribution < -0.4 is 11.1 Å². The van der Waals surface area contributed by atoms with Gasteiger partial charge in [-0.2, -0.15) is 0 Å². The molecule has 8 heteroatoms. The van der Waals surface area contributed by atoms with E-state index in [-0.39, 0.29) is 23.3 Å². The first kappa shape index (κ1) is 19.8. The zero-order valence-electron chi connectivity index (χ0n) is 16.0. The lowest BCUT2D eigenvalue weighted by atomic mass is 10.1. The topological polar surface area (TPSA) is 102 Å². The summed E-state index contributed by atoms with van der Waals surface area (Å²) in [6.07, 6.45) is 1.38. The molecule has 2 amide bonds. The molecule has 0 saturated heterocycles. The molecule has 2 heterocycles. The van der Waals surface area contributed by atoms with Crippen molar-refractivity contribution in [3.8, 4) is 11.3 Å². The fourth-order valence-corrected chi connectivity index (χ4v) is 3.88. The Morgan fingerprint density at radius 3 is 2.50 bits per heavy atom. The van der Waals surface area contributed by atoms with E-state index in [0.717, 1.165) is 15.6 Å². The molecule has 4 rings (SSSR count). The normalized spacial score (nSPS) is 11.9. The second kappa shape index (κ2) is 8.08. The van der Waals surface area contributed by atoms with E-state index in [0.29, 0.717) is 11.4 Å². The number of hydrogen-bond donors (Lipinski definition) is 2. The number of benzene rings is 2. The van der Waals surface area contributed by atoms with Crippen molar-refractivity contribution in [2.24, 2.45) is 5.73 Å². The number of imidazole rings is 1. The zero-order valence-corrected chi connectivity index (χ0v) is 17.6. The molecule has 0 radical (unpaired) electrons. The van der Waals surface area contributed by atoms with Crippen molar-refractivity contribution in [2.45, 2.75) is 13.0 Å². The lowest BCUT2D eigenvalue weighted by Gasteiger charge is -2.17. The van der Waals surface area contributed by atoms with Gasteiger partial charge >= 0.3 is 0 Å². The van der Waals surface area contributed by atoms with E-state index >= 15 is 0 Å². The zero-order chi connectivity index (χ0) is 21.3. The van der Waals surface area contributed by atoms with Gasteiger partial charge in [-0.3, -0.25) is 14.0 Å². The van der Waals surface area contributed by atoms with E-state index in [9.17, 15) is 9.59 Å². The highest BCUT2D eigenvalue weighted by molar-refractivity contribution is 9.10. The van der Waals surface area contributed by atoms with Crippen molar-refractivity contribution >= 4 is 33.4 Å². The fourth-order valence-electron chi connectivity index (χ4n) is 3.25. The van der Waals surface area contributed by atoms with Crippen molar-refractivity contribution in [1.82, 2.24) is 19.7 Å². The molecule has 30 heavy (non-hydrogen) atoms. The van der Waals surface area contributed by atoms with Gasteiger partial charge in [-0.05, 0) is 24.6 Å². The highest BCUT2D eigenvalue weighted by Gasteiger charge is 2.21. The Bertz CT molecular complexity index is 1250. The Morgan fingerprint density at radius 1 is 1.10 bits per heavy atom. The van der Waals surface area contributed by atoms with E-state index in [1.807, 2.05) is 61.5 Å². The number of primary amides is 1. The molecule has 0 aliphatic carbocycles. The van der Waals surface area contributed by atoms with Crippen LogP contribution in [0.15, 0.2) is 71.5 Å². The summed E-state index contributed by atoms with van der Waals surface area (Å²) in [6, 6.07) is 18.5. The molecule has 4 aromatic rings. The Morgan fingerprint density at radius 2 is 1.80 bits per heavy atom. The number of hydrogen-bond acceptors (Lipinski definition) is 4. The van der Waals surface area contributed by atoms with Crippen LogP contribution in [-0.4, -0.2) is 26.2 Å². The van der Waals surface area contributed by atoms with E-state index in [2.05, 4.69) is 31.2 Å². The lowest BCUT2D eigenvalue weighted by Crippen LogP contribution is -2.28. The standard InChI is InChI=1S/C22H18BrN5O2/c1-13(15-9-5-6-10-16(15)23)26-22(30)18-11-17(14-7-3-2-4-8-14)27-21-19(20(24)29)25-12-28(18)21/h2-13H,1H3,(H2,24,29)(H,26,30). The van der Waals surface area contributed by atoms with Crippen LogP contribution in [0.1, 0.15) is 39.5 Å². The monoisotopic (exact) mass is 463 g/mol. The molecule has 1 unspecified atom stereocenters. The van der Waals surface area contributed by atoms with Crippen LogP contribution in [0.3, 0.4) is 0 Å². The number of carbonyl (C=O) groups excluding carboxylic acids is 2. The summed E-state index contributed by atoms with van der Waals surface area (Å²) in [5.41, 5.74) is 8.31. The van der Waals surface area contributed by atoms with Crippen molar-refractivity contribution in [2.75, 3.05) is 0 Å². The number of aromatic nitrogens is 3. The summed E-state index contributed by atoms with van der Waals surface area (Å²) in [5, 5.41) is 3.00. The molecule has 0 fully saturated rings. The molecular weight excluding hydrogens is 446 g/mol. The van der Waals surface area contributed by atoms with Gasteiger partial charge in [0.1, 0.15) is 12.0 Å². The van der Waals surface area contributed by atoms with Crippen LogP contribution in [0.4, 0.5) is 0 Å². The Labute approximate surface area is 181 Å². The second-order valence-electron chi connectivity index (χ2n) is 6.76. The molecule has 2 aromatic carbocycles. The molecule has 150 valence electrons. The fraction of sp³-hybridized carbons (Fsp3) is 0.0909. The Kier molecular flexibility index (Phi) is 5.33. The quantitative estimate of drug-likeness (QED) is 0.470. The molecule has 0 spiro atoms. The van der Waals surface area contributed by atoms with Crippen LogP contribution >= 0.6 is 15.9 Å². The SMILES string of the molecule is CC(NC(=O)c1cc(-c2ccccc2)nc2c(C(N)=O)ncn12)c1ccccc1Br. The molecule has 0 aliphatic rings. The van der Waals surface area contributed by atoms with Crippen LogP contribution in [0.2, 0.25) is 0 Å². The first-order valence-corrected chi connectivity index (χ1v) is 10.0. The summed E-state index contributed by atoms with van der Waals surface area (Å²) in [5.74, 6) is -1.03. The first-order valence-electron chi connectivity index (χ1n) is 9.24. The Hall–Kier alpha value is -3.52. The number of nitrogens with one attached hydrogen (secondary N) is 1. The number of rotatable bonds is 5. The van der Waals surface area contributed by atoms with Crippen LogP contribution in [-0.2, 0) is 0 Å². The molecule has 1 atom stereocenters. The summed E-state index contributed by atoms with van der Waals surface area (Å²) in [6.45, 7) is 1.90. The van der Waals surface area contributed by atoms with Crippen LogP contribution in [0.25, 0.3) is 16.9 Å². The largest absolute Gasteiger partial charge is 0.364 e. The highest BCUT2D eigenvalue weighted by atomic mass is 79.9. The van der Waals surface area contributed by atoms with E-state index < -0.39 is 5.91 Å². The van der Waals surface area contributed by atoms with Gasteiger partial charge in [0.15, 0.2) is 11.3 Å². The average molecular weight is 464 g/mol. The van der Waals surface area contributed by atoms with Gasteiger partial charge < -0.3 is 11.1 Å². The molecule has 0 bridgehead atoms. The summed E-state index contributed by atoms with van der Waals surface area (Å²) >= 11 is 3.52. The lowest BCUT2D eigenvalue weighted by molar-refractivity contribution is 0.0931. The average Bonchev–Trinajstić information content (AvgIpc) is 3.18. The van der Waals surface area contributed by atoms with Crippen LogP contribution in [0, 0.1) is 0 Å².